The molecular weight excluding hydrogens is 156 g/mol. The number of aliphatic hydroxyl groups is 1. The van der Waals surface area contributed by atoms with E-state index in [0.717, 1.165) is 5.56 Å². The lowest BCUT2D eigenvalue weighted by Crippen LogP contribution is -2.04. The molecule has 0 fully saturated rings. The van der Waals surface area contributed by atoms with Gasteiger partial charge in [0, 0.05) is 0 Å². The maximum atomic E-state index is 10.9. The van der Waals surface area contributed by atoms with Crippen molar-refractivity contribution in [1.29, 1.82) is 0 Å². The molecule has 0 saturated heterocycles. The number of rotatable bonds is 2. The van der Waals surface area contributed by atoms with E-state index in [1.165, 1.54) is 12.1 Å². The third-order valence-corrected chi connectivity index (χ3v) is 1.60. The molecule has 1 aromatic carbocycles. The summed E-state index contributed by atoms with van der Waals surface area (Å²) in [7, 11) is 0. The number of benzene rings is 1. The van der Waals surface area contributed by atoms with Gasteiger partial charge in [0.15, 0.2) is 5.78 Å². The van der Waals surface area contributed by atoms with Gasteiger partial charge in [-0.3, -0.25) is 4.79 Å². The molecule has 0 aliphatic carbocycles. The van der Waals surface area contributed by atoms with E-state index in [9.17, 15) is 9.90 Å². The molecule has 12 heavy (non-hydrogen) atoms. The van der Waals surface area contributed by atoms with Gasteiger partial charge in [0.1, 0.15) is 12.4 Å². The summed E-state index contributed by atoms with van der Waals surface area (Å²) in [6.07, 6.45) is 0. The highest BCUT2D eigenvalue weighted by Gasteiger charge is 2.08. The number of Topliss-reactive ketones (excluding diaryl/α,β-unsaturated/α-hetero) is 1. The van der Waals surface area contributed by atoms with Crippen LogP contribution in [0.15, 0.2) is 18.2 Å². The number of aryl methyl sites for hydroxylation is 1. The molecule has 1 aromatic rings. The van der Waals surface area contributed by atoms with Gasteiger partial charge >= 0.3 is 0 Å². The molecule has 0 unspecified atom stereocenters. The molecule has 64 valence electrons. The molecule has 3 nitrogen and oxygen atoms in total. The fourth-order valence-electron chi connectivity index (χ4n) is 0.963. The SMILES string of the molecule is Cc1ccc(C(=O)CO)c(O)c1. The van der Waals surface area contributed by atoms with Crippen molar-refractivity contribution >= 4 is 5.78 Å². The molecule has 0 bridgehead atoms. The van der Waals surface area contributed by atoms with Crippen molar-refractivity contribution in [3.05, 3.63) is 29.3 Å². The Morgan fingerprint density at radius 2 is 2.17 bits per heavy atom. The van der Waals surface area contributed by atoms with Crippen LogP contribution in [0.4, 0.5) is 0 Å². The number of phenolic OH excluding ortho intramolecular Hbond substituents is 1. The van der Waals surface area contributed by atoms with Gasteiger partial charge in [-0.15, -0.1) is 0 Å². The number of carbonyl (C=O) groups is 1. The number of phenols is 1. The van der Waals surface area contributed by atoms with Crippen molar-refractivity contribution in [2.24, 2.45) is 0 Å². The van der Waals surface area contributed by atoms with Crippen LogP contribution >= 0.6 is 0 Å². The summed E-state index contributed by atoms with van der Waals surface area (Å²) in [5.74, 6) is -0.540. The van der Waals surface area contributed by atoms with Crippen LogP contribution in [0.1, 0.15) is 15.9 Å². The minimum Gasteiger partial charge on any atom is -0.507 e. The molecule has 0 radical (unpaired) electrons. The first-order valence-corrected chi connectivity index (χ1v) is 3.59. The molecule has 0 amide bonds. The van der Waals surface area contributed by atoms with Gasteiger partial charge in [-0.25, -0.2) is 0 Å². The second kappa shape index (κ2) is 3.36. The van der Waals surface area contributed by atoms with Gasteiger partial charge in [0.2, 0.25) is 0 Å². The van der Waals surface area contributed by atoms with Crippen LogP contribution in [0, 0.1) is 6.92 Å². The van der Waals surface area contributed by atoms with Crippen molar-refractivity contribution in [3.63, 3.8) is 0 Å². The Balaban J connectivity index is 3.09. The monoisotopic (exact) mass is 166 g/mol. The van der Waals surface area contributed by atoms with Gasteiger partial charge in [-0.05, 0) is 24.6 Å². The number of aromatic hydroxyl groups is 1. The largest absolute Gasteiger partial charge is 0.507 e. The highest BCUT2D eigenvalue weighted by atomic mass is 16.3. The highest BCUT2D eigenvalue weighted by Crippen LogP contribution is 2.18. The Kier molecular flexibility index (Phi) is 2.45. The van der Waals surface area contributed by atoms with Crippen LogP contribution < -0.4 is 0 Å². The maximum Gasteiger partial charge on any atom is 0.191 e. The maximum absolute atomic E-state index is 10.9. The van der Waals surface area contributed by atoms with Crippen molar-refractivity contribution in [2.45, 2.75) is 6.92 Å². The van der Waals surface area contributed by atoms with E-state index >= 15 is 0 Å². The molecule has 0 saturated carbocycles. The first-order chi connectivity index (χ1) is 5.65. The predicted molar refractivity (Wildman–Crippen MR) is 44.3 cm³/mol. The zero-order valence-electron chi connectivity index (χ0n) is 6.74. The number of hydrogen-bond acceptors (Lipinski definition) is 3. The molecule has 0 aliphatic heterocycles. The standard InChI is InChI=1S/C9H10O3/c1-6-2-3-7(8(11)4-6)9(12)5-10/h2-4,10-11H,5H2,1H3. The van der Waals surface area contributed by atoms with Crippen molar-refractivity contribution in [3.8, 4) is 5.75 Å². The molecule has 0 atom stereocenters. The summed E-state index contributed by atoms with van der Waals surface area (Å²) in [5.41, 5.74) is 1.05. The van der Waals surface area contributed by atoms with Gasteiger partial charge in [-0.1, -0.05) is 6.07 Å². The fraction of sp³-hybridized carbons (Fsp3) is 0.222. The first kappa shape index (κ1) is 8.74. The number of hydrogen-bond donors (Lipinski definition) is 2. The summed E-state index contributed by atoms with van der Waals surface area (Å²) in [4.78, 5) is 10.9. The minimum absolute atomic E-state index is 0.0750. The molecule has 3 heteroatoms. The Morgan fingerprint density at radius 1 is 1.50 bits per heavy atom. The normalized spacial score (nSPS) is 9.83. The predicted octanol–water partition coefficient (Wildman–Crippen LogP) is 0.876. The Labute approximate surface area is 70.3 Å². The molecule has 1 rings (SSSR count). The lowest BCUT2D eigenvalue weighted by Gasteiger charge is -2.01. The fourth-order valence-corrected chi connectivity index (χ4v) is 0.963. The first-order valence-electron chi connectivity index (χ1n) is 3.59. The van der Waals surface area contributed by atoms with Crippen LogP contribution in [-0.2, 0) is 0 Å². The second-order valence-electron chi connectivity index (χ2n) is 2.60. The minimum atomic E-state index is -0.573. The lowest BCUT2D eigenvalue weighted by molar-refractivity contribution is 0.0901. The van der Waals surface area contributed by atoms with E-state index < -0.39 is 12.4 Å². The van der Waals surface area contributed by atoms with Crippen LogP contribution in [0.2, 0.25) is 0 Å². The smallest absolute Gasteiger partial charge is 0.191 e. The van der Waals surface area contributed by atoms with Gasteiger partial charge in [0.25, 0.3) is 0 Å². The number of ketones is 1. The molecule has 0 spiro atoms. The van der Waals surface area contributed by atoms with E-state index in [4.69, 9.17) is 5.11 Å². The molecule has 0 aliphatic rings. The Morgan fingerprint density at radius 3 is 2.67 bits per heavy atom. The van der Waals surface area contributed by atoms with Crippen molar-refractivity contribution in [2.75, 3.05) is 6.61 Å². The van der Waals surface area contributed by atoms with Gasteiger partial charge in [0.05, 0.1) is 5.56 Å². The Hall–Kier alpha value is -1.35. The second-order valence-corrected chi connectivity index (χ2v) is 2.60. The van der Waals surface area contributed by atoms with Crippen molar-refractivity contribution in [1.82, 2.24) is 0 Å². The summed E-state index contributed by atoms with van der Waals surface area (Å²) in [6.45, 7) is 1.24. The third kappa shape index (κ3) is 1.62. The zero-order valence-corrected chi connectivity index (χ0v) is 6.74. The Bertz CT molecular complexity index is 305. The summed E-state index contributed by atoms with van der Waals surface area (Å²) in [5, 5.41) is 17.8. The molecule has 0 aromatic heterocycles. The van der Waals surface area contributed by atoms with Crippen LogP contribution in [0.3, 0.4) is 0 Å². The third-order valence-electron chi connectivity index (χ3n) is 1.60. The average Bonchev–Trinajstić information content (AvgIpc) is 2.03. The van der Waals surface area contributed by atoms with Crippen LogP contribution in [-0.4, -0.2) is 22.6 Å². The summed E-state index contributed by atoms with van der Waals surface area (Å²) >= 11 is 0. The van der Waals surface area contributed by atoms with Crippen molar-refractivity contribution < 1.29 is 15.0 Å². The van der Waals surface area contributed by atoms with E-state index in [0.29, 0.717) is 0 Å². The van der Waals surface area contributed by atoms with Gasteiger partial charge in [-0.2, -0.15) is 0 Å². The number of aliphatic hydroxyl groups excluding tert-OH is 1. The van der Waals surface area contributed by atoms with Crippen LogP contribution in [0.5, 0.6) is 5.75 Å². The molecule has 0 heterocycles. The summed E-state index contributed by atoms with van der Waals surface area (Å²) in [6, 6.07) is 4.70. The molecule has 2 N–H and O–H groups in total. The van der Waals surface area contributed by atoms with E-state index in [-0.39, 0.29) is 11.3 Å². The van der Waals surface area contributed by atoms with E-state index in [1.54, 1.807) is 6.07 Å². The molecular formula is C9H10O3. The van der Waals surface area contributed by atoms with Crippen LogP contribution in [0.25, 0.3) is 0 Å². The quantitative estimate of drug-likeness (QED) is 0.641. The summed E-state index contributed by atoms with van der Waals surface area (Å²) < 4.78 is 0. The average molecular weight is 166 g/mol. The highest BCUT2D eigenvalue weighted by molar-refractivity contribution is 5.99. The van der Waals surface area contributed by atoms with E-state index in [1.807, 2.05) is 6.92 Å². The number of carbonyl (C=O) groups excluding carboxylic acids is 1. The van der Waals surface area contributed by atoms with Gasteiger partial charge < -0.3 is 10.2 Å². The lowest BCUT2D eigenvalue weighted by atomic mass is 10.1. The van der Waals surface area contributed by atoms with E-state index in [2.05, 4.69) is 0 Å². The zero-order chi connectivity index (χ0) is 9.14. The topological polar surface area (TPSA) is 57.5 Å².